The summed E-state index contributed by atoms with van der Waals surface area (Å²) in [4.78, 5) is 7.12. The zero-order chi connectivity index (χ0) is 22.8. The summed E-state index contributed by atoms with van der Waals surface area (Å²) in [5, 5.41) is 10.9. The molecule has 0 aliphatic heterocycles. The molecule has 0 fully saturated rings. The molecule has 2 N–H and O–H groups in total. The summed E-state index contributed by atoms with van der Waals surface area (Å²) in [5.74, 6) is 0.813. The highest BCUT2D eigenvalue weighted by atomic mass is 32.2. The van der Waals surface area contributed by atoms with Gasteiger partial charge in [-0.05, 0) is 47.6 Å². The van der Waals surface area contributed by atoms with Crippen molar-refractivity contribution in [2.24, 2.45) is 0 Å². The molecule has 168 valence electrons. The molecule has 1 aliphatic rings. The molecule has 2 aromatic heterocycles. The minimum Gasteiger partial charge on any atom is -0.473 e. The quantitative estimate of drug-likeness (QED) is 0.427. The van der Waals surface area contributed by atoms with Crippen LogP contribution in [0.5, 0.6) is 5.88 Å². The Morgan fingerprint density at radius 1 is 1.06 bits per heavy atom. The van der Waals surface area contributed by atoms with E-state index in [1.807, 2.05) is 42.5 Å². The second kappa shape index (κ2) is 8.67. The largest absolute Gasteiger partial charge is 0.473 e. The Balaban J connectivity index is 1.48. The van der Waals surface area contributed by atoms with E-state index in [0.29, 0.717) is 12.5 Å². The lowest BCUT2D eigenvalue weighted by atomic mass is 9.98. The zero-order valence-electron chi connectivity index (χ0n) is 18.1. The van der Waals surface area contributed by atoms with Crippen LogP contribution in [0, 0.1) is 0 Å². The van der Waals surface area contributed by atoms with Gasteiger partial charge in [0, 0.05) is 24.1 Å². The summed E-state index contributed by atoms with van der Waals surface area (Å²) < 4.78 is 29.5. The fourth-order valence-corrected chi connectivity index (χ4v) is 4.50. The van der Waals surface area contributed by atoms with Gasteiger partial charge < -0.3 is 10.1 Å². The maximum Gasteiger partial charge on any atom is 0.248 e. The molecule has 0 atom stereocenters. The van der Waals surface area contributed by atoms with E-state index in [2.05, 4.69) is 37.6 Å². The predicted molar refractivity (Wildman–Crippen MR) is 125 cm³/mol. The smallest absolute Gasteiger partial charge is 0.248 e. The van der Waals surface area contributed by atoms with Crippen molar-refractivity contribution in [2.75, 3.05) is 11.6 Å². The molecule has 9 heteroatoms. The van der Waals surface area contributed by atoms with Gasteiger partial charge in [-0.2, -0.15) is 0 Å². The van der Waals surface area contributed by atoms with Gasteiger partial charge in [0.15, 0.2) is 0 Å². The maximum absolute atomic E-state index is 11.8. The van der Waals surface area contributed by atoms with Gasteiger partial charge in [0.1, 0.15) is 6.61 Å². The highest BCUT2D eigenvalue weighted by molar-refractivity contribution is 7.90. The molecule has 33 heavy (non-hydrogen) atoms. The number of aromatic amines is 1. The Morgan fingerprint density at radius 3 is 2.70 bits per heavy atom. The lowest BCUT2D eigenvalue weighted by Crippen LogP contribution is -2.02. The molecule has 4 aromatic rings. The van der Waals surface area contributed by atoms with Crippen molar-refractivity contribution < 1.29 is 13.2 Å². The topological polar surface area (TPSA) is 110 Å². The summed E-state index contributed by atoms with van der Waals surface area (Å²) in [6.07, 6.45) is 5.83. The number of anilines is 2. The highest BCUT2D eigenvalue weighted by Gasteiger charge is 2.21. The van der Waals surface area contributed by atoms with Crippen molar-refractivity contribution in [1.29, 1.82) is 0 Å². The number of fused-ring (bicyclic) bond motifs is 1. The van der Waals surface area contributed by atoms with Gasteiger partial charge in [-0.3, -0.25) is 4.98 Å². The molecule has 0 saturated carbocycles. The highest BCUT2D eigenvalue weighted by Crippen LogP contribution is 2.39. The Morgan fingerprint density at radius 2 is 1.91 bits per heavy atom. The van der Waals surface area contributed by atoms with Crippen molar-refractivity contribution in [3.05, 3.63) is 77.5 Å². The van der Waals surface area contributed by atoms with E-state index in [-0.39, 0.29) is 11.1 Å². The molecular formula is C24H23N5O3S. The fraction of sp³-hybridized carbons (Fsp3) is 0.208. The average Bonchev–Trinajstić information content (AvgIpc) is 3.48. The van der Waals surface area contributed by atoms with Crippen LogP contribution in [-0.2, 0) is 29.3 Å². The fourth-order valence-electron chi connectivity index (χ4n) is 4.03. The van der Waals surface area contributed by atoms with Gasteiger partial charge in [0.25, 0.3) is 0 Å². The Labute approximate surface area is 192 Å². The summed E-state index contributed by atoms with van der Waals surface area (Å²) >= 11 is 0. The number of sulfone groups is 1. The van der Waals surface area contributed by atoms with E-state index in [4.69, 9.17) is 4.74 Å². The SMILES string of the molecule is CS(=O)(=O)c1nnc(Nc2c(-c3ccnc(OCc4ccccc4)c3)ccc3c2CCC3)[nH]1. The first-order chi connectivity index (χ1) is 16.0. The number of aryl methyl sites for hydroxylation is 1. The van der Waals surface area contributed by atoms with Gasteiger partial charge in [0.05, 0.1) is 5.69 Å². The van der Waals surface area contributed by atoms with E-state index in [9.17, 15) is 8.42 Å². The van der Waals surface area contributed by atoms with E-state index in [0.717, 1.165) is 47.9 Å². The molecule has 0 radical (unpaired) electrons. The molecule has 0 spiro atoms. The third-order valence-electron chi connectivity index (χ3n) is 5.62. The van der Waals surface area contributed by atoms with Crippen LogP contribution in [0.2, 0.25) is 0 Å². The molecule has 0 saturated heterocycles. The van der Waals surface area contributed by atoms with Crippen molar-refractivity contribution in [3.63, 3.8) is 0 Å². The number of hydrogen-bond donors (Lipinski definition) is 2. The molecular weight excluding hydrogens is 438 g/mol. The lowest BCUT2D eigenvalue weighted by molar-refractivity contribution is 0.294. The second-order valence-electron chi connectivity index (χ2n) is 8.01. The summed E-state index contributed by atoms with van der Waals surface area (Å²) in [5.41, 5.74) is 6.33. The molecule has 2 aromatic carbocycles. The van der Waals surface area contributed by atoms with Crippen molar-refractivity contribution in [1.82, 2.24) is 20.2 Å². The summed E-state index contributed by atoms with van der Waals surface area (Å²) in [7, 11) is -3.48. The monoisotopic (exact) mass is 461 g/mol. The lowest BCUT2D eigenvalue weighted by Gasteiger charge is -2.16. The first-order valence-corrected chi connectivity index (χ1v) is 12.5. The van der Waals surface area contributed by atoms with E-state index in [1.54, 1.807) is 6.20 Å². The first kappa shape index (κ1) is 21.1. The minimum absolute atomic E-state index is 0.167. The predicted octanol–water partition coefficient (Wildman–Crippen LogP) is 4.08. The second-order valence-corrected chi connectivity index (χ2v) is 9.94. The molecule has 8 nitrogen and oxygen atoms in total. The molecule has 0 bridgehead atoms. The number of rotatable bonds is 7. The van der Waals surface area contributed by atoms with Crippen molar-refractivity contribution in [2.45, 2.75) is 31.0 Å². The first-order valence-electron chi connectivity index (χ1n) is 10.6. The van der Waals surface area contributed by atoms with Crippen LogP contribution in [-0.4, -0.2) is 34.8 Å². The van der Waals surface area contributed by atoms with E-state index >= 15 is 0 Å². The average molecular weight is 462 g/mol. The number of ether oxygens (including phenoxy) is 1. The number of aromatic nitrogens is 4. The van der Waals surface area contributed by atoms with Gasteiger partial charge >= 0.3 is 0 Å². The van der Waals surface area contributed by atoms with Crippen LogP contribution in [0.4, 0.5) is 11.6 Å². The van der Waals surface area contributed by atoms with Gasteiger partial charge in [-0.15, -0.1) is 10.2 Å². The normalized spacial score (nSPS) is 13.0. The number of benzene rings is 2. The van der Waals surface area contributed by atoms with E-state index < -0.39 is 9.84 Å². The Hall–Kier alpha value is -3.72. The maximum atomic E-state index is 11.8. The number of nitrogens with zero attached hydrogens (tertiary/aromatic N) is 3. The van der Waals surface area contributed by atoms with Crippen LogP contribution in [0.25, 0.3) is 11.1 Å². The van der Waals surface area contributed by atoms with Crippen molar-refractivity contribution in [3.8, 4) is 17.0 Å². The number of nitrogens with one attached hydrogen (secondary N) is 2. The third kappa shape index (κ3) is 4.58. The number of hydrogen-bond acceptors (Lipinski definition) is 7. The Bertz CT molecular complexity index is 1400. The van der Waals surface area contributed by atoms with Crippen LogP contribution in [0.3, 0.4) is 0 Å². The molecule has 5 rings (SSSR count). The van der Waals surface area contributed by atoms with Crippen LogP contribution < -0.4 is 10.1 Å². The third-order valence-corrected chi connectivity index (χ3v) is 6.51. The number of pyridine rings is 1. The molecule has 1 aliphatic carbocycles. The molecule has 0 unspecified atom stereocenters. The van der Waals surface area contributed by atoms with Crippen LogP contribution >= 0.6 is 0 Å². The van der Waals surface area contributed by atoms with Crippen molar-refractivity contribution >= 4 is 21.5 Å². The van der Waals surface area contributed by atoms with Crippen LogP contribution in [0.15, 0.2) is 66.0 Å². The molecule has 2 heterocycles. The van der Waals surface area contributed by atoms with Gasteiger partial charge in [-0.25, -0.2) is 13.4 Å². The zero-order valence-corrected chi connectivity index (χ0v) is 18.9. The summed E-state index contributed by atoms with van der Waals surface area (Å²) in [6, 6.07) is 18.0. The standard InChI is InChI=1S/C24H23N5O3S/c1-33(30,31)24-27-23(28-29-24)26-22-19-9-5-8-17(19)10-11-20(22)18-12-13-25-21(14-18)32-15-16-6-3-2-4-7-16/h2-4,6-7,10-14H,5,8-9,15H2,1H3,(H2,26,27,28,29). The minimum atomic E-state index is -3.48. The van der Waals surface area contributed by atoms with Gasteiger partial charge in [0.2, 0.25) is 26.8 Å². The Kier molecular flexibility index (Phi) is 5.55. The van der Waals surface area contributed by atoms with Crippen LogP contribution in [0.1, 0.15) is 23.1 Å². The van der Waals surface area contributed by atoms with E-state index in [1.165, 1.54) is 11.1 Å². The molecule has 0 amide bonds. The van der Waals surface area contributed by atoms with Gasteiger partial charge in [-0.1, -0.05) is 42.5 Å². The summed E-state index contributed by atoms with van der Waals surface area (Å²) in [6.45, 7) is 0.429. The number of H-pyrrole nitrogens is 1.